The molecule has 16 heavy (non-hydrogen) atoms. The van der Waals surface area contributed by atoms with Crippen LogP contribution < -0.4 is 10.6 Å². The van der Waals surface area contributed by atoms with Crippen LogP contribution >= 0.6 is 0 Å². The van der Waals surface area contributed by atoms with E-state index in [1.807, 2.05) is 0 Å². The third-order valence-corrected chi connectivity index (χ3v) is 2.33. The molecule has 0 unspecified atom stereocenters. The average molecular weight is 219 g/mol. The van der Waals surface area contributed by atoms with Gasteiger partial charge >= 0.3 is 0 Å². The van der Waals surface area contributed by atoms with E-state index in [0.29, 0.717) is 19.6 Å². The van der Waals surface area contributed by atoms with Crippen molar-refractivity contribution in [2.75, 3.05) is 31.1 Å². The second kappa shape index (κ2) is 6.71. The maximum Gasteiger partial charge on any atom is 0.0434 e. The highest BCUT2D eigenvalue weighted by Gasteiger charge is 2.03. The van der Waals surface area contributed by atoms with E-state index >= 15 is 0 Å². The summed E-state index contributed by atoms with van der Waals surface area (Å²) in [5.74, 6) is 0. The van der Waals surface area contributed by atoms with E-state index in [2.05, 4.69) is 46.1 Å². The predicted molar refractivity (Wildman–Crippen MR) is 66.5 cm³/mol. The minimum Gasteiger partial charge on any atom is -0.370 e. The van der Waals surface area contributed by atoms with Crippen LogP contribution in [0.25, 0.3) is 10.4 Å². The van der Waals surface area contributed by atoms with Gasteiger partial charge in [-0.25, -0.2) is 0 Å². The Balaban J connectivity index is 2.68. The van der Waals surface area contributed by atoms with Crippen LogP contribution in [0.2, 0.25) is 0 Å². The Labute approximate surface area is 95.5 Å². The molecule has 5 heteroatoms. The Morgan fingerprint density at radius 3 is 2.56 bits per heavy atom. The summed E-state index contributed by atoms with van der Waals surface area (Å²) in [5.41, 5.74) is 16.1. The van der Waals surface area contributed by atoms with Crippen molar-refractivity contribution in [2.45, 2.75) is 6.92 Å². The molecule has 1 aromatic rings. The lowest BCUT2D eigenvalue weighted by atomic mass is 10.2. The monoisotopic (exact) mass is 219 g/mol. The normalized spacial score (nSPS) is 9.62. The number of rotatable bonds is 6. The number of anilines is 1. The van der Waals surface area contributed by atoms with Gasteiger partial charge in [-0.3, -0.25) is 0 Å². The molecule has 5 nitrogen and oxygen atoms in total. The van der Waals surface area contributed by atoms with Crippen LogP contribution in [0.4, 0.5) is 5.69 Å². The standard InChI is InChI=1S/C11H17N5/c1-10-2-4-11(5-3-10)16(8-6-12)9-7-14-15-13/h2-5H,6-9,12H2,1H3. The van der Waals surface area contributed by atoms with Crippen molar-refractivity contribution >= 4 is 5.69 Å². The summed E-state index contributed by atoms with van der Waals surface area (Å²) in [5, 5.41) is 3.53. The largest absolute Gasteiger partial charge is 0.370 e. The minimum atomic E-state index is 0.463. The number of hydrogen-bond acceptors (Lipinski definition) is 3. The quantitative estimate of drug-likeness (QED) is 0.451. The molecule has 0 saturated heterocycles. The topological polar surface area (TPSA) is 78.0 Å². The summed E-state index contributed by atoms with van der Waals surface area (Å²) in [6.07, 6.45) is 0. The van der Waals surface area contributed by atoms with E-state index in [-0.39, 0.29) is 0 Å². The third kappa shape index (κ3) is 3.81. The SMILES string of the molecule is Cc1ccc(N(CCN)CCN=[N+]=[N-])cc1. The Hall–Kier alpha value is -1.71. The van der Waals surface area contributed by atoms with Crippen molar-refractivity contribution in [1.82, 2.24) is 0 Å². The number of nitrogens with two attached hydrogens (primary N) is 1. The molecule has 86 valence electrons. The van der Waals surface area contributed by atoms with Crippen LogP contribution in [0.1, 0.15) is 5.56 Å². The number of benzene rings is 1. The average Bonchev–Trinajstić information content (AvgIpc) is 2.29. The van der Waals surface area contributed by atoms with E-state index in [9.17, 15) is 0 Å². The van der Waals surface area contributed by atoms with E-state index in [1.165, 1.54) is 5.56 Å². The molecule has 1 aromatic carbocycles. The molecule has 0 aliphatic carbocycles. The van der Waals surface area contributed by atoms with Gasteiger partial charge in [0.1, 0.15) is 0 Å². The van der Waals surface area contributed by atoms with Crippen LogP contribution in [-0.2, 0) is 0 Å². The number of nitrogens with zero attached hydrogens (tertiary/aromatic N) is 4. The predicted octanol–water partition coefficient (Wildman–Crippen LogP) is 2.07. The summed E-state index contributed by atoms with van der Waals surface area (Å²) < 4.78 is 0. The highest BCUT2D eigenvalue weighted by Crippen LogP contribution is 2.14. The lowest BCUT2D eigenvalue weighted by Crippen LogP contribution is -2.31. The van der Waals surface area contributed by atoms with Gasteiger partial charge in [-0.1, -0.05) is 22.8 Å². The van der Waals surface area contributed by atoms with Crippen molar-refractivity contribution in [1.29, 1.82) is 0 Å². The van der Waals surface area contributed by atoms with E-state index in [4.69, 9.17) is 11.3 Å². The van der Waals surface area contributed by atoms with E-state index in [0.717, 1.165) is 12.2 Å². The van der Waals surface area contributed by atoms with Gasteiger partial charge in [0.25, 0.3) is 0 Å². The zero-order valence-corrected chi connectivity index (χ0v) is 9.50. The molecule has 0 amide bonds. The van der Waals surface area contributed by atoms with Gasteiger partial charge in [0.2, 0.25) is 0 Å². The summed E-state index contributed by atoms with van der Waals surface area (Å²) in [7, 11) is 0. The van der Waals surface area contributed by atoms with Crippen molar-refractivity contribution in [3.8, 4) is 0 Å². The van der Waals surface area contributed by atoms with Crippen molar-refractivity contribution in [2.24, 2.45) is 10.8 Å². The van der Waals surface area contributed by atoms with Gasteiger partial charge in [0, 0.05) is 36.8 Å². The maximum absolute atomic E-state index is 8.23. The van der Waals surface area contributed by atoms with Crippen molar-refractivity contribution in [3.63, 3.8) is 0 Å². The Morgan fingerprint density at radius 2 is 2.00 bits per heavy atom. The highest BCUT2D eigenvalue weighted by molar-refractivity contribution is 5.47. The molecule has 0 spiro atoms. The molecule has 0 saturated carbocycles. The molecule has 2 N–H and O–H groups in total. The van der Waals surface area contributed by atoms with Gasteiger partial charge in [0.05, 0.1) is 0 Å². The molecule has 0 bridgehead atoms. The first-order valence-electron chi connectivity index (χ1n) is 5.30. The molecular weight excluding hydrogens is 202 g/mol. The van der Waals surface area contributed by atoms with Crippen molar-refractivity contribution in [3.05, 3.63) is 40.3 Å². The fourth-order valence-electron chi connectivity index (χ4n) is 1.49. The lowest BCUT2D eigenvalue weighted by Gasteiger charge is -2.23. The maximum atomic E-state index is 8.23. The first-order chi connectivity index (χ1) is 7.77. The molecular formula is C11H17N5. The first kappa shape index (κ1) is 12.4. The molecule has 1 rings (SSSR count). The Bertz CT molecular complexity index is 353. The second-order valence-corrected chi connectivity index (χ2v) is 3.57. The van der Waals surface area contributed by atoms with Gasteiger partial charge in [-0.05, 0) is 24.6 Å². The zero-order valence-electron chi connectivity index (χ0n) is 9.50. The summed E-state index contributed by atoms with van der Waals surface area (Å²) in [6, 6.07) is 8.24. The fourth-order valence-corrected chi connectivity index (χ4v) is 1.49. The van der Waals surface area contributed by atoms with Gasteiger partial charge < -0.3 is 10.6 Å². The summed E-state index contributed by atoms with van der Waals surface area (Å²) in [6.45, 7) is 4.57. The zero-order chi connectivity index (χ0) is 11.8. The lowest BCUT2D eigenvalue weighted by molar-refractivity contribution is 0.780. The van der Waals surface area contributed by atoms with Crippen molar-refractivity contribution < 1.29 is 0 Å². The molecule has 0 aliphatic rings. The van der Waals surface area contributed by atoms with Crippen LogP contribution in [0.3, 0.4) is 0 Å². The Morgan fingerprint density at radius 1 is 1.31 bits per heavy atom. The van der Waals surface area contributed by atoms with Crippen LogP contribution in [0, 0.1) is 6.92 Å². The molecule has 0 fully saturated rings. The first-order valence-corrected chi connectivity index (χ1v) is 5.30. The Kier molecular flexibility index (Phi) is 5.19. The molecule has 0 aromatic heterocycles. The molecule has 0 radical (unpaired) electrons. The van der Waals surface area contributed by atoms with Gasteiger partial charge in [-0.15, -0.1) is 0 Å². The second-order valence-electron chi connectivity index (χ2n) is 3.57. The van der Waals surface area contributed by atoms with Crippen LogP contribution in [-0.4, -0.2) is 26.2 Å². The van der Waals surface area contributed by atoms with Gasteiger partial charge in [0.15, 0.2) is 0 Å². The molecule has 0 heterocycles. The number of azide groups is 1. The summed E-state index contributed by atoms with van der Waals surface area (Å²) >= 11 is 0. The summed E-state index contributed by atoms with van der Waals surface area (Å²) in [4.78, 5) is 4.86. The minimum absolute atomic E-state index is 0.463. The van der Waals surface area contributed by atoms with E-state index in [1.54, 1.807) is 0 Å². The molecule has 0 atom stereocenters. The number of aryl methyl sites for hydroxylation is 1. The number of hydrogen-bond donors (Lipinski definition) is 1. The van der Waals surface area contributed by atoms with Gasteiger partial charge in [-0.2, -0.15) is 0 Å². The fraction of sp³-hybridized carbons (Fsp3) is 0.455. The van der Waals surface area contributed by atoms with E-state index < -0.39 is 0 Å². The molecule has 0 aliphatic heterocycles. The third-order valence-electron chi connectivity index (χ3n) is 2.33. The highest BCUT2D eigenvalue weighted by atomic mass is 15.2. The van der Waals surface area contributed by atoms with Crippen LogP contribution in [0.5, 0.6) is 0 Å². The smallest absolute Gasteiger partial charge is 0.0434 e. The van der Waals surface area contributed by atoms with Crippen LogP contribution in [0.15, 0.2) is 29.4 Å².